The Hall–Kier alpha value is -1.88. The van der Waals surface area contributed by atoms with Crippen LogP contribution in [0, 0.1) is 5.92 Å². The first kappa shape index (κ1) is 17.2. The molecule has 6 heteroatoms. The highest BCUT2D eigenvalue weighted by atomic mass is 35.5. The molecule has 1 rings (SSSR count). The average Bonchev–Trinajstić information content (AvgIpc) is 2.46. The predicted molar refractivity (Wildman–Crippen MR) is 82.4 cm³/mol. The number of halogens is 1. The molecule has 0 aromatic heterocycles. The summed E-state index contributed by atoms with van der Waals surface area (Å²) in [5.74, 6) is -1.14. The molecule has 114 valence electrons. The summed E-state index contributed by atoms with van der Waals surface area (Å²) in [7, 11) is 0. The number of hydrogen-bond donors (Lipinski definition) is 1. The maximum Gasteiger partial charge on any atom is 0.314 e. The summed E-state index contributed by atoms with van der Waals surface area (Å²) in [6.07, 6.45) is 0.560. The molecule has 0 fully saturated rings. The van der Waals surface area contributed by atoms with Crippen molar-refractivity contribution in [2.75, 3.05) is 6.61 Å². The zero-order valence-electron chi connectivity index (χ0n) is 12.4. The van der Waals surface area contributed by atoms with Crippen molar-refractivity contribution < 1.29 is 14.3 Å². The van der Waals surface area contributed by atoms with Crippen LogP contribution in [0.3, 0.4) is 0 Å². The Morgan fingerprint density at radius 3 is 2.43 bits per heavy atom. The predicted octanol–water partition coefficient (Wildman–Crippen LogP) is 3.04. The first-order chi connectivity index (χ1) is 9.99. The summed E-state index contributed by atoms with van der Waals surface area (Å²) in [5.41, 5.74) is 3.38. The lowest BCUT2D eigenvalue weighted by molar-refractivity contribution is -0.145. The van der Waals surface area contributed by atoms with Crippen molar-refractivity contribution in [3.63, 3.8) is 0 Å². The molecule has 0 spiro atoms. The van der Waals surface area contributed by atoms with Crippen LogP contribution in [0.25, 0.3) is 0 Å². The highest BCUT2D eigenvalue weighted by molar-refractivity contribution is 6.30. The quantitative estimate of drug-likeness (QED) is 0.499. The molecule has 0 radical (unpaired) electrons. The summed E-state index contributed by atoms with van der Waals surface area (Å²) in [5, 5.41) is 4.54. The Morgan fingerprint density at radius 2 is 1.90 bits per heavy atom. The van der Waals surface area contributed by atoms with E-state index in [1.54, 1.807) is 38.1 Å². The number of benzene rings is 1. The van der Waals surface area contributed by atoms with E-state index in [-0.39, 0.29) is 11.9 Å². The molecule has 0 aliphatic rings. The van der Waals surface area contributed by atoms with Crippen LogP contribution in [0.15, 0.2) is 29.4 Å². The maximum absolute atomic E-state index is 11.9. The van der Waals surface area contributed by atoms with Gasteiger partial charge in [-0.2, -0.15) is 5.10 Å². The van der Waals surface area contributed by atoms with Gasteiger partial charge in [-0.25, -0.2) is 5.43 Å². The SMILES string of the molecule is CCOC(=O)C(CC)/C(C)=N\NC(=O)c1ccc(Cl)cc1. The molecule has 1 atom stereocenters. The molecule has 0 bridgehead atoms. The third kappa shape index (κ3) is 5.19. The number of ether oxygens (including phenoxy) is 1. The second-order valence-corrected chi connectivity index (χ2v) is 4.85. The average molecular weight is 311 g/mol. The van der Waals surface area contributed by atoms with E-state index in [2.05, 4.69) is 10.5 Å². The van der Waals surface area contributed by atoms with Gasteiger partial charge in [0.05, 0.1) is 12.5 Å². The summed E-state index contributed by atoms with van der Waals surface area (Å²) in [6, 6.07) is 6.46. The van der Waals surface area contributed by atoms with E-state index in [9.17, 15) is 9.59 Å². The van der Waals surface area contributed by atoms with Crippen LogP contribution >= 0.6 is 11.6 Å². The molecule has 1 N–H and O–H groups in total. The highest BCUT2D eigenvalue weighted by Crippen LogP contribution is 2.10. The van der Waals surface area contributed by atoms with Crippen molar-refractivity contribution in [3.05, 3.63) is 34.9 Å². The van der Waals surface area contributed by atoms with Gasteiger partial charge in [0.15, 0.2) is 0 Å². The number of amides is 1. The highest BCUT2D eigenvalue weighted by Gasteiger charge is 2.21. The van der Waals surface area contributed by atoms with Gasteiger partial charge >= 0.3 is 5.97 Å². The molecule has 0 aliphatic heterocycles. The Bertz CT molecular complexity index is 526. The van der Waals surface area contributed by atoms with Gasteiger partial charge in [0, 0.05) is 16.3 Å². The number of hydrazone groups is 1. The zero-order valence-corrected chi connectivity index (χ0v) is 13.1. The minimum Gasteiger partial charge on any atom is -0.465 e. The lowest BCUT2D eigenvalue weighted by Crippen LogP contribution is -2.27. The van der Waals surface area contributed by atoms with E-state index in [4.69, 9.17) is 16.3 Å². The molecule has 1 aromatic rings. The van der Waals surface area contributed by atoms with Crippen molar-refractivity contribution in [1.29, 1.82) is 0 Å². The lowest BCUT2D eigenvalue weighted by Gasteiger charge is -2.13. The van der Waals surface area contributed by atoms with Crippen LogP contribution in [0.2, 0.25) is 5.02 Å². The minimum atomic E-state index is -0.449. The molecule has 0 saturated carbocycles. The Balaban J connectivity index is 2.71. The number of carbonyl (C=O) groups excluding carboxylic acids is 2. The van der Waals surface area contributed by atoms with Crippen molar-refractivity contribution in [1.82, 2.24) is 5.43 Å². The van der Waals surface area contributed by atoms with Crippen LogP contribution in [0.1, 0.15) is 37.6 Å². The number of hydrogen-bond acceptors (Lipinski definition) is 4. The smallest absolute Gasteiger partial charge is 0.314 e. The molecule has 0 aliphatic carbocycles. The number of nitrogens with one attached hydrogen (secondary N) is 1. The third-order valence-electron chi connectivity index (χ3n) is 2.92. The van der Waals surface area contributed by atoms with Crippen LogP contribution < -0.4 is 5.43 Å². The van der Waals surface area contributed by atoms with Crippen LogP contribution in [0.5, 0.6) is 0 Å². The van der Waals surface area contributed by atoms with Crippen LogP contribution in [-0.4, -0.2) is 24.2 Å². The van der Waals surface area contributed by atoms with Gasteiger partial charge in [-0.05, 0) is 44.5 Å². The first-order valence-corrected chi connectivity index (χ1v) is 7.14. The second kappa shape index (κ2) is 8.42. The largest absolute Gasteiger partial charge is 0.465 e. The molecule has 21 heavy (non-hydrogen) atoms. The molecule has 5 nitrogen and oxygen atoms in total. The van der Waals surface area contributed by atoms with Gasteiger partial charge in [-0.1, -0.05) is 18.5 Å². The van der Waals surface area contributed by atoms with Crippen LogP contribution in [0.4, 0.5) is 0 Å². The molecular formula is C15H19ClN2O3. The Labute approximate surface area is 129 Å². The van der Waals surface area contributed by atoms with E-state index in [0.717, 1.165) is 0 Å². The van der Waals surface area contributed by atoms with Gasteiger partial charge in [-0.15, -0.1) is 0 Å². The van der Waals surface area contributed by atoms with Crippen molar-refractivity contribution in [3.8, 4) is 0 Å². The van der Waals surface area contributed by atoms with E-state index >= 15 is 0 Å². The third-order valence-corrected chi connectivity index (χ3v) is 3.18. The number of carbonyl (C=O) groups is 2. The fourth-order valence-corrected chi connectivity index (χ4v) is 1.88. The molecule has 1 amide bonds. The molecule has 1 unspecified atom stereocenters. The maximum atomic E-state index is 11.9. The number of rotatable bonds is 6. The number of nitrogens with zero attached hydrogens (tertiary/aromatic N) is 1. The topological polar surface area (TPSA) is 67.8 Å². The van der Waals surface area contributed by atoms with Gasteiger partial charge in [0.1, 0.15) is 0 Å². The summed E-state index contributed by atoms with van der Waals surface area (Å²) >= 11 is 5.76. The van der Waals surface area contributed by atoms with Gasteiger partial charge in [0.25, 0.3) is 5.91 Å². The first-order valence-electron chi connectivity index (χ1n) is 6.76. The standard InChI is InChI=1S/C15H19ClN2O3/c1-4-13(15(20)21-5-2)10(3)17-18-14(19)11-6-8-12(16)9-7-11/h6-9,13H,4-5H2,1-3H3,(H,18,19)/b17-10-. The molecule has 1 aromatic carbocycles. The van der Waals surface area contributed by atoms with Crippen molar-refractivity contribution >= 4 is 29.2 Å². The van der Waals surface area contributed by atoms with E-state index < -0.39 is 5.92 Å². The van der Waals surface area contributed by atoms with Crippen molar-refractivity contribution in [2.45, 2.75) is 27.2 Å². The summed E-state index contributed by atoms with van der Waals surface area (Å²) < 4.78 is 4.97. The molecule has 0 heterocycles. The molecule has 0 saturated heterocycles. The Kier molecular flexibility index (Phi) is 6.88. The van der Waals surface area contributed by atoms with E-state index in [1.165, 1.54) is 0 Å². The summed E-state index contributed by atoms with van der Waals surface area (Å²) in [6.45, 7) is 5.62. The second-order valence-electron chi connectivity index (χ2n) is 4.41. The number of esters is 1. The summed E-state index contributed by atoms with van der Waals surface area (Å²) in [4.78, 5) is 23.6. The minimum absolute atomic E-state index is 0.319. The van der Waals surface area contributed by atoms with Gasteiger partial charge < -0.3 is 4.74 Å². The Morgan fingerprint density at radius 1 is 1.29 bits per heavy atom. The monoisotopic (exact) mass is 310 g/mol. The zero-order chi connectivity index (χ0) is 15.8. The van der Waals surface area contributed by atoms with Crippen LogP contribution in [-0.2, 0) is 9.53 Å². The van der Waals surface area contributed by atoms with Crippen molar-refractivity contribution in [2.24, 2.45) is 11.0 Å². The van der Waals surface area contributed by atoms with Gasteiger partial charge in [-0.3, -0.25) is 9.59 Å². The fraction of sp³-hybridized carbons (Fsp3) is 0.400. The fourth-order valence-electron chi connectivity index (χ4n) is 1.76. The van der Waals surface area contributed by atoms with E-state index in [1.807, 2.05) is 6.92 Å². The van der Waals surface area contributed by atoms with Gasteiger partial charge in [0.2, 0.25) is 0 Å². The molecular weight excluding hydrogens is 292 g/mol. The lowest BCUT2D eigenvalue weighted by atomic mass is 10.0. The van der Waals surface area contributed by atoms with E-state index in [0.29, 0.717) is 29.3 Å². The normalized spacial score (nSPS) is 12.7.